The van der Waals surface area contributed by atoms with Crippen LogP contribution in [0.2, 0.25) is 0 Å². The third-order valence-corrected chi connectivity index (χ3v) is 6.27. The highest BCUT2D eigenvalue weighted by Gasteiger charge is 2.32. The van der Waals surface area contributed by atoms with Crippen LogP contribution in [0, 0.1) is 26.7 Å². The lowest BCUT2D eigenvalue weighted by Gasteiger charge is -2.32. The standard InChI is InChI=1S/C25H34N2O3/c1-6-22-18(4)23(27(19(22)5)15-20-12-10-17(3)11-13-20)24(28)26-14-8-9-21(16-26)25(29)30-7-2/h10-13,21H,6-9,14-16H2,1-5H3/t21-/m0/s1. The van der Waals surface area contributed by atoms with E-state index in [9.17, 15) is 9.59 Å². The van der Waals surface area contributed by atoms with E-state index in [0.717, 1.165) is 36.2 Å². The maximum Gasteiger partial charge on any atom is 0.310 e. The number of carbonyl (C=O) groups excluding carboxylic acids is 2. The van der Waals surface area contributed by atoms with Gasteiger partial charge < -0.3 is 14.2 Å². The predicted molar refractivity (Wildman–Crippen MR) is 119 cm³/mol. The van der Waals surface area contributed by atoms with E-state index in [1.807, 2.05) is 11.8 Å². The van der Waals surface area contributed by atoms with Crippen LogP contribution in [-0.2, 0) is 22.5 Å². The van der Waals surface area contributed by atoms with Crippen LogP contribution >= 0.6 is 0 Å². The Kier molecular flexibility index (Phi) is 7.01. The first-order chi connectivity index (χ1) is 14.4. The lowest BCUT2D eigenvalue weighted by atomic mass is 9.97. The number of carbonyl (C=O) groups is 2. The number of aromatic nitrogens is 1. The summed E-state index contributed by atoms with van der Waals surface area (Å²) in [7, 11) is 0. The van der Waals surface area contributed by atoms with E-state index in [2.05, 4.69) is 56.5 Å². The van der Waals surface area contributed by atoms with Gasteiger partial charge in [-0.2, -0.15) is 0 Å². The number of benzene rings is 1. The molecule has 2 heterocycles. The van der Waals surface area contributed by atoms with Crippen LogP contribution < -0.4 is 0 Å². The van der Waals surface area contributed by atoms with Gasteiger partial charge in [0.25, 0.3) is 5.91 Å². The van der Waals surface area contributed by atoms with E-state index in [0.29, 0.717) is 26.2 Å². The molecule has 30 heavy (non-hydrogen) atoms. The van der Waals surface area contributed by atoms with Crippen LogP contribution in [0.1, 0.15) is 65.1 Å². The van der Waals surface area contributed by atoms with Crippen molar-refractivity contribution in [3.05, 3.63) is 57.9 Å². The second-order valence-corrected chi connectivity index (χ2v) is 8.31. The number of hydrogen-bond donors (Lipinski definition) is 0. The first kappa shape index (κ1) is 22.1. The normalized spacial score (nSPS) is 16.6. The largest absolute Gasteiger partial charge is 0.466 e. The molecule has 162 valence electrons. The summed E-state index contributed by atoms with van der Waals surface area (Å²) in [4.78, 5) is 27.7. The summed E-state index contributed by atoms with van der Waals surface area (Å²) in [5.74, 6) is -0.390. The number of ether oxygens (including phenoxy) is 1. The summed E-state index contributed by atoms with van der Waals surface area (Å²) in [6.45, 7) is 12.4. The second kappa shape index (κ2) is 9.50. The Morgan fingerprint density at radius 2 is 1.80 bits per heavy atom. The number of amides is 1. The molecule has 0 radical (unpaired) electrons. The Labute approximate surface area is 180 Å². The van der Waals surface area contributed by atoms with Gasteiger partial charge in [0.05, 0.1) is 12.5 Å². The van der Waals surface area contributed by atoms with Crippen molar-refractivity contribution in [3.63, 3.8) is 0 Å². The number of aryl methyl sites for hydroxylation is 1. The number of hydrogen-bond acceptors (Lipinski definition) is 3. The Hall–Kier alpha value is -2.56. The third-order valence-electron chi connectivity index (χ3n) is 6.27. The van der Waals surface area contributed by atoms with E-state index in [1.54, 1.807) is 0 Å². The number of rotatable bonds is 6. The van der Waals surface area contributed by atoms with E-state index < -0.39 is 0 Å². The molecule has 1 saturated heterocycles. The molecule has 0 saturated carbocycles. The molecule has 0 aliphatic carbocycles. The zero-order valence-electron chi connectivity index (χ0n) is 19.0. The Balaban J connectivity index is 1.92. The maximum atomic E-state index is 13.6. The van der Waals surface area contributed by atoms with Gasteiger partial charge >= 0.3 is 5.97 Å². The fourth-order valence-electron chi connectivity index (χ4n) is 4.58. The lowest BCUT2D eigenvalue weighted by molar-refractivity contribution is -0.149. The minimum Gasteiger partial charge on any atom is -0.466 e. The summed E-state index contributed by atoms with van der Waals surface area (Å²) in [5.41, 5.74) is 6.61. The van der Waals surface area contributed by atoms with Crippen molar-refractivity contribution in [2.75, 3.05) is 19.7 Å². The third kappa shape index (κ3) is 4.45. The van der Waals surface area contributed by atoms with E-state index in [-0.39, 0.29) is 17.8 Å². The molecule has 1 amide bonds. The van der Waals surface area contributed by atoms with E-state index in [4.69, 9.17) is 4.74 Å². The van der Waals surface area contributed by atoms with Crippen LogP contribution in [-0.4, -0.2) is 41.0 Å². The molecule has 0 spiro atoms. The zero-order valence-corrected chi connectivity index (χ0v) is 19.0. The van der Waals surface area contributed by atoms with Gasteiger partial charge in [-0.15, -0.1) is 0 Å². The van der Waals surface area contributed by atoms with Crippen LogP contribution in [0.25, 0.3) is 0 Å². The fourth-order valence-corrected chi connectivity index (χ4v) is 4.58. The van der Waals surface area contributed by atoms with Gasteiger partial charge in [0.2, 0.25) is 0 Å². The monoisotopic (exact) mass is 410 g/mol. The van der Waals surface area contributed by atoms with Crippen molar-refractivity contribution in [2.24, 2.45) is 5.92 Å². The second-order valence-electron chi connectivity index (χ2n) is 8.31. The lowest BCUT2D eigenvalue weighted by Crippen LogP contribution is -2.43. The molecule has 0 N–H and O–H groups in total. The highest BCUT2D eigenvalue weighted by atomic mass is 16.5. The van der Waals surface area contributed by atoms with Crippen molar-refractivity contribution in [1.29, 1.82) is 0 Å². The van der Waals surface area contributed by atoms with Gasteiger partial charge in [0.1, 0.15) is 5.69 Å². The van der Waals surface area contributed by atoms with Crippen molar-refractivity contribution in [2.45, 2.75) is 60.4 Å². The molecule has 1 fully saturated rings. The van der Waals surface area contributed by atoms with Gasteiger partial charge in [-0.25, -0.2) is 0 Å². The van der Waals surface area contributed by atoms with Crippen molar-refractivity contribution < 1.29 is 14.3 Å². The van der Waals surface area contributed by atoms with Crippen molar-refractivity contribution in [3.8, 4) is 0 Å². The topological polar surface area (TPSA) is 51.5 Å². The molecule has 5 nitrogen and oxygen atoms in total. The van der Waals surface area contributed by atoms with Gasteiger partial charge in [-0.3, -0.25) is 9.59 Å². The number of piperidine rings is 1. The summed E-state index contributed by atoms with van der Waals surface area (Å²) >= 11 is 0. The number of nitrogens with zero attached hydrogens (tertiary/aromatic N) is 2. The zero-order chi connectivity index (χ0) is 21.8. The van der Waals surface area contributed by atoms with Gasteiger partial charge in [0.15, 0.2) is 0 Å². The molecule has 1 atom stereocenters. The Morgan fingerprint density at radius 3 is 2.43 bits per heavy atom. The first-order valence-electron chi connectivity index (χ1n) is 11.1. The summed E-state index contributed by atoms with van der Waals surface area (Å²) in [6, 6.07) is 8.47. The molecule has 1 aromatic carbocycles. The van der Waals surface area contributed by atoms with E-state index >= 15 is 0 Å². The molecule has 1 aromatic heterocycles. The molecular weight excluding hydrogens is 376 g/mol. The van der Waals surface area contributed by atoms with Crippen LogP contribution in [0.4, 0.5) is 0 Å². The molecule has 3 rings (SSSR count). The van der Waals surface area contributed by atoms with Crippen molar-refractivity contribution >= 4 is 11.9 Å². The molecule has 2 aromatic rings. The molecule has 0 unspecified atom stereocenters. The summed E-state index contributed by atoms with van der Waals surface area (Å²) in [6.07, 6.45) is 2.50. The SMILES string of the molecule is CCOC(=O)[C@H]1CCCN(C(=O)c2c(C)c(CC)c(C)n2Cc2ccc(C)cc2)C1. The molecule has 0 bridgehead atoms. The minimum absolute atomic E-state index is 0.0245. The Bertz CT molecular complexity index is 911. The average molecular weight is 411 g/mol. The molecule has 5 heteroatoms. The maximum absolute atomic E-state index is 13.6. The average Bonchev–Trinajstić information content (AvgIpc) is 2.98. The fraction of sp³-hybridized carbons (Fsp3) is 0.520. The van der Waals surface area contributed by atoms with Crippen LogP contribution in [0.15, 0.2) is 24.3 Å². The Morgan fingerprint density at radius 1 is 1.10 bits per heavy atom. The number of esters is 1. The van der Waals surface area contributed by atoms with Gasteiger partial charge in [-0.05, 0) is 63.6 Å². The highest BCUT2D eigenvalue weighted by molar-refractivity contribution is 5.95. The van der Waals surface area contributed by atoms with Crippen LogP contribution in [0.5, 0.6) is 0 Å². The van der Waals surface area contributed by atoms with Crippen molar-refractivity contribution in [1.82, 2.24) is 9.47 Å². The molecule has 1 aliphatic heterocycles. The van der Waals surface area contributed by atoms with Gasteiger partial charge in [-0.1, -0.05) is 36.8 Å². The minimum atomic E-state index is -0.227. The highest BCUT2D eigenvalue weighted by Crippen LogP contribution is 2.27. The summed E-state index contributed by atoms with van der Waals surface area (Å²) in [5, 5.41) is 0. The van der Waals surface area contributed by atoms with Gasteiger partial charge in [0, 0.05) is 25.3 Å². The quantitative estimate of drug-likeness (QED) is 0.662. The first-order valence-corrected chi connectivity index (χ1v) is 11.1. The molecule has 1 aliphatic rings. The molecular formula is C25H34N2O3. The van der Waals surface area contributed by atoms with Crippen LogP contribution in [0.3, 0.4) is 0 Å². The smallest absolute Gasteiger partial charge is 0.310 e. The number of likely N-dealkylation sites (tertiary alicyclic amines) is 1. The predicted octanol–water partition coefficient (Wildman–Crippen LogP) is 4.44. The van der Waals surface area contributed by atoms with E-state index in [1.165, 1.54) is 16.7 Å². The summed E-state index contributed by atoms with van der Waals surface area (Å²) < 4.78 is 7.37.